The molecule has 2 N–H and O–H groups in total. The summed E-state index contributed by atoms with van der Waals surface area (Å²) in [5.41, 5.74) is 3.92. The molecule has 2 aromatic carbocycles. The number of aromatic nitrogens is 2. The summed E-state index contributed by atoms with van der Waals surface area (Å²) in [5.74, 6) is -0.259. The molecule has 4 heterocycles. The van der Waals surface area contributed by atoms with Crippen LogP contribution in [-0.4, -0.2) is 31.3 Å². The Morgan fingerprint density at radius 3 is 2.52 bits per heavy atom. The molecule has 0 saturated heterocycles. The Morgan fingerprint density at radius 1 is 0.897 bits per heavy atom. The van der Waals surface area contributed by atoms with E-state index in [-0.39, 0.29) is 0 Å². The Labute approximate surface area is 167 Å². The Bertz CT molecular complexity index is 1440. The van der Waals surface area contributed by atoms with Crippen molar-refractivity contribution in [1.82, 2.24) is 14.9 Å². The number of imide groups is 1. The SMILES string of the molecule is O=C1NC(=O)C(c2cn3c4c(cccc24)S(=O)CC3)=C1c1c[nH]c2ccccc12. The van der Waals surface area contributed by atoms with Gasteiger partial charge in [-0.25, -0.2) is 0 Å². The van der Waals surface area contributed by atoms with Crippen LogP contribution in [0.25, 0.3) is 33.0 Å². The van der Waals surface area contributed by atoms with E-state index >= 15 is 0 Å². The predicted octanol–water partition coefficient (Wildman–Crippen LogP) is 2.81. The van der Waals surface area contributed by atoms with Gasteiger partial charge in [0.2, 0.25) is 0 Å². The largest absolute Gasteiger partial charge is 0.361 e. The van der Waals surface area contributed by atoms with Crippen molar-refractivity contribution in [1.29, 1.82) is 0 Å². The lowest BCUT2D eigenvalue weighted by molar-refractivity contribution is -0.122. The second-order valence-corrected chi connectivity index (χ2v) is 8.76. The highest BCUT2D eigenvalue weighted by Crippen LogP contribution is 2.40. The van der Waals surface area contributed by atoms with Crippen LogP contribution in [0.4, 0.5) is 0 Å². The summed E-state index contributed by atoms with van der Waals surface area (Å²) in [5, 5.41) is 4.19. The zero-order valence-corrected chi connectivity index (χ0v) is 16.0. The number of aryl methyl sites for hydroxylation is 1. The van der Waals surface area contributed by atoms with Gasteiger partial charge in [-0.1, -0.05) is 30.3 Å². The van der Waals surface area contributed by atoms with Crippen molar-refractivity contribution in [2.45, 2.75) is 11.4 Å². The smallest absolute Gasteiger partial charge is 0.259 e. The third-order valence-electron chi connectivity index (χ3n) is 5.68. The number of nitrogens with one attached hydrogen (secondary N) is 2. The lowest BCUT2D eigenvalue weighted by Crippen LogP contribution is -2.22. The molecule has 2 aliphatic heterocycles. The average molecular weight is 401 g/mol. The number of carbonyl (C=O) groups is 2. The zero-order chi connectivity index (χ0) is 19.7. The molecular weight excluding hydrogens is 386 g/mol. The number of carbonyl (C=O) groups excluding carboxylic acids is 2. The fraction of sp³-hybridized carbons (Fsp3) is 0.0909. The summed E-state index contributed by atoms with van der Waals surface area (Å²) in [6.45, 7) is 0.616. The number of hydrogen-bond donors (Lipinski definition) is 2. The van der Waals surface area contributed by atoms with Crippen molar-refractivity contribution in [2.24, 2.45) is 0 Å². The van der Waals surface area contributed by atoms with Crippen LogP contribution in [0.15, 0.2) is 59.8 Å². The van der Waals surface area contributed by atoms with E-state index in [4.69, 9.17) is 0 Å². The number of amides is 2. The van der Waals surface area contributed by atoms with Crippen LogP contribution in [-0.2, 0) is 26.9 Å². The lowest BCUT2D eigenvalue weighted by Gasteiger charge is -2.14. The summed E-state index contributed by atoms with van der Waals surface area (Å²) in [6, 6.07) is 13.3. The average Bonchev–Trinajstić information content (AvgIpc) is 3.38. The van der Waals surface area contributed by atoms with Gasteiger partial charge in [-0.2, -0.15) is 0 Å². The van der Waals surface area contributed by atoms with Crippen LogP contribution in [0.5, 0.6) is 0 Å². The van der Waals surface area contributed by atoms with Gasteiger partial charge >= 0.3 is 0 Å². The van der Waals surface area contributed by atoms with Gasteiger partial charge in [-0.15, -0.1) is 0 Å². The molecular formula is C22H15N3O3S. The van der Waals surface area contributed by atoms with Gasteiger partial charge in [-0.3, -0.25) is 19.1 Å². The van der Waals surface area contributed by atoms with Crippen LogP contribution >= 0.6 is 0 Å². The van der Waals surface area contributed by atoms with Gasteiger partial charge in [0.15, 0.2) is 0 Å². The second-order valence-electron chi connectivity index (χ2n) is 7.22. The van der Waals surface area contributed by atoms with Crippen molar-refractivity contribution >= 4 is 55.6 Å². The maximum Gasteiger partial charge on any atom is 0.259 e. The van der Waals surface area contributed by atoms with Crippen molar-refractivity contribution in [3.63, 3.8) is 0 Å². The van der Waals surface area contributed by atoms with Gasteiger partial charge in [0.1, 0.15) is 0 Å². The molecule has 2 amide bonds. The summed E-state index contributed by atoms with van der Waals surface area (Å²) >= 11 is 0. The number of fused-ring (bicyclic) bond motifs is 1. The minimum Gasteiger partial charge on any atom is -0.361 e. The standard InChI is InChI=1S/C22H15N3O3S/c26-21-18(14-10-23-16-6-2-1-4-12(14)16)19(22(27)24-21)15-11-25-8-9-29(28)17-7-3-5-13(15)20(17)25/h1-7,10-11,23H,8-9H2,(H,24,26,27). The van der Waals surface area contributed by atoms with E-state index < -0.39 is 22.6 Å². The molecule has 29 heavy (non-hydrogen) atoms. The first-order valence-corrected chi connectivity index (χ1v) is 10.6. The van der Waals surface area contributed by atoms with Gasteiger partial charge in [-0.05, 0) is 12.1 Å². The Morgan fingerprint density at radius 2 is 1.66 bits per heavy atom. The molecule has 0 spiro atoms. The molecule has 1 unspecified atom stereocenters. The Balaban J connectivity index is 1.70. The number of para-hydroxylation sites is 2. The molecule has 0 saturated carbocycles. The summed E-state index contributed by atoms with van der Waals surface area (Å²) < 4.78 is 14.5. The highest BCUT2D eigenvalue weighted by atomic mass is 32.2. The molecule has 2 aliphatic rings. The van der Waals surface area contributed by atoms with Crippen LogP contribution in [0.1, 0.15) is 11.1 Å². The fourth-order valence-electron chi connectivity index (χ4n) is 4.42. The van der Waals surface area contributed by atoms with Gasteiger partial charge < -0.3 is 9.55 Å². The van der Waals surface area contributed by atoms with Crippen LogP contribution in [0, 0.1) is 0 Å². The first-order valence-electron chi connectivity index (χ1n) is 9.30. The number of benzene rings is 2. The van der Waals surface area contributed by atoms with Gasteiger partial charge in [0.25, 0.3) is 11.8 Å². The first-order chi connectivity index (χ1) is 14.1. The number of rotatable bonds is 2. The Hall–Kier alpha value is -3.45. The first kappa shape index (κ1) is 16.5. The molecule has 1 atom stereocenters. The molecule has 6 rings (SSSR count). The number of nitrogens with zero attached hydrogens (tertiary/aromatic N) is 1. The monoisotopic (exact) mass is 401 g/mol. The van der Waals surface area contributed by atoms with Crippen molar-refractivity contribution < 1.29 is 13.8 Å². The van der Waals surface area contributed by atoms with Crippen molar-refractivity contribution in [2.75, 3.05) is 5.75 Å². The molecule has 6 nitrogen and oxygen atoms in total. The fourth-order valence-corrected chi connectivity index (χ4v) is 5.68. The highest BCUT2D eigenvalue weighted by molar-refractivity contribution is 7.85. The van der Waals surface area contributed by atoms with Gasteiger partial charge in [0, 0.05) is 52.1 Å². The van der Waals surface area contributed by atoms with E-state index in [2.05, 4.69) is 10.3 Å². The minimum atomic E-state index is -1.06. The van der Waals surface area contributed by atoms with E-state index in [0.717, 1.165) is 26.7 Å². The molecule has 0 aliphatic carbocycles. The molecule has 7 heteroatoms. The van der Waals surface area contributed by atoms with E-state index in [1.54, 1.807) is 6.20 Å². The van der Waals surface area contributed by atoms with Crippen LogP contribution in [0.3, 0.4) is 0 Å². The summed E-state index contributed by atoms with van der Waals surface area (Å²) in [7, 11) is -1.06. The summed E-state index contributed by atoms with van der Waals surface area (Å²) in [4.78, 5) is 29.6. The third-order valence-corrected chi connectivity index (χ3v) is 7.06. The van der Waals surface area contributed by atoms with E-state index in [1.807, 2.05) is 53.2 Å². The van der Waals surface area contributed by atoms with E-state index in [0.29, 0.717) is 34.6 Å². The molecule has 2 aromatic heterocycles. The molecule has 142 valence electrons. The van der Waals surface area contributed by atoms with Gasteiger partial charge in [0.05, 0.1) is 32.4 Å². The topological polar surface area (TPSA) is 84.0 Å². The van der Waals surface area contributed by atoms with Crippen molar-refractivity contribution in [3.8, 4) is 0 Å². The van der Waals surface area contributed by atoms with E-state index in [1.165, 1.54) is 0 Å². The van der Waals surface area contributed by atoms with Crippen LogP contribution in [0.2, 0.25) is 0 Å². The maximum atomic E-state index is 12.9. The normalized spacial score (nSPS) is 18.8. The van der Waals surface area contributed by atoms with Crippen LogP contribution < -0.4 is 5.32 Å². The lowest BCUT2D eigenvalue weighted by atomic mass is 9.95. The molecule has 0 bridgehead atoms. The maximum absolute atomic E-state index is 12.9. The third kappa shape index (κ3) is 2.19. The number of hydrogen-bond acceptors (Lipinski definition) is 3. The molecule has 0 fully saturated rings. The Kier molecular flexibility index (Phi) is 3.29. The second kappa shape index (κ2) is 5.78. The minimum absolute atomic E-state index is 0.369. The zero-order valence-electron chi connectivity index (χ0n) is 15.2. The van der Waals surface area contributed by atoms with Crippen molar-refractivity contribution in [3.05, 3.63) is 66.0 Å². The highest BCUT2D eigenvalue weighted by Gasteiger charge is 2.35. The van der Waals surface area contributed by atoms with E-state index in [9.17, 15) is 13.8 Å². The summed E-state index contributed by atoms with van der Waals surface area (Å²) in [6.07, 6.45) is 3.68. The number of aromatic amines is 1. The molecule has 0 radical (unpaired) electrons. The number of H-pyrrole nitrogens is 1. The predicted molar refractivity (Wildman–Crippen MR) is 111 cm³/mol. The molecule has 4 aromatic rings. The quantitative estimate of drug-likeness (QED) is 0.507.